The summed E-state index contributed by atoms with van der Waals surface area (Å²) in [5, 5.41) is 18.7. The molecule has 3 rings (SSSR count). The van der Waals surface area contributed by atoms with Crippen LogP contribution in [-0.4, -0.2) is 58.0 Å². The fraction of sp³-hybridized carbons (Fsp3) is 0.522. The van der Waals surface area contributed by atoms with Crippen LogP contribution in [0.15, 0.2) is 32.8 Å². The predicted octanol–water partition coefficient (Wildman–Crippen LogP) is 2.52. The molecule has 2 atom stereocenters. The quantitative estimate of drug-likeness (QED) is 0.173. The van der Waals surface area contributed by atoms with E-state index < -0.39 is 6.10 Å². The van der Waals surface area contributed by atoms with Crippen LogP contribution < -0.4 is 16.3 Å². The van der Waals surface area contributed by atoms with Crippen LogP contribution in [-0.2, 0) is 20.9 Å². The summed E-state index contributed by atoms with van der Waals surface area (Å²) in [4.78, 5) is 40.9. The smallest absolute Gasteiger partial charge is 0.305 e. The molecule has 2 heterocycles. The van der Waals surface area contributed by atoms with Gasteiger partial charge >= 0.3 is 5.97 Å². The Hall–Kier alpha value is -2.34. The van der Waals surface area contributed by atoms with Crippen molar-refractivity contribution >= 4 is 56.0 Å². The lowest BCUT2D eigenvalue weighted by Crippen LogP contribution is -2.46. The number of methoxy groups -OCH3 is 1. The van der Waals surface area contributed by atoms with Crippen molar-refractivity contribution < 1.29 is 19.4 Å². The van der Waals surface area contributed by atoms with Crippen LogP contribution in [0.2, 0.25) is 5.02 Å². The Morgan fingerprint density at radius 2 is 2.14 bits per heavy atom. The molecule has 0 saturated carbocycles. The number of ether oxygens (including phenoxy) is 1. The van der Waals surface area contributed by atoms with Crippen LogP contribution in [0.1, 0.15) is 44.9 Å². The largest absolute Gasteiger partial charge is 0.469 e. The normalized spacial score (nSPS) is 18.5. The van der Waals surface area contributed by atoms with E-state index in [9.17, 15) is 19.5 Å². The highest BCUT2D eigenvalue weighted by Gasteiger charge is 2.24. The van der Waals surface area contributed by atoms with Crippen molar-refractivity contribution in [3.63, 3.8) is 0 Å². The molecule has 1 aliphatic heterocycles. The van der Waals surface area contributed by atoms with Crippen molar-refractivity contribution in [3.05, 3.63) is 38.3 Å². The highest BCUT2D eigenvalue weighted by Crippen LogP contribution is 2.25. The Morgan fingerprint density at radius 1 is 1.37 bits per heavy atom. The number of esters is 1. The number of unbranched alkanes of at least 4 members (excludes halogenated alkanes) is 1. The fourth-order valence-electron chi connectivity index (χ4n) is 3.86. The van der Waals surface area contributed by atoms with Gasteiger partial charge in [-0.15, -0.1) is 0 Å². The lowest BCUT2D eigenvalue weighted by atomic mass is 9.96. The van der Waals surface area contributed by atoms with E-state index in [0.29, 0.717) is 51.8 Å². The van der Waals surface area contributed by atoms with Gasteiger partial charge in [-0.1, -0.05) is 11.6 Å². The Labute approximate surface area is 216 Å². The highest BCUT2D eigenvalue weighted by molar-refractivity contribution is 9.10. The molecule has 1 amide bonds. The molecule has 1 aliphatic rings. The molecule has 1 aromatic carbocycles. The number of aliphatic hydroxyl groups is 1. The van der Waals surface area contributed by atoms with Gasteiger partial charge in [-0.05, 0) is 60.3 Å². The van der Waals surface area contributed by atoms with Crippen molar-refractivity contribution in [3.8, 4) is 0 Å². The number of carbonyl (C=O) groups excluding carboxylic acids is 2. The van der Waals surface area contributed by atoms with Gasteiger partial charge in [0.25, 0.3) is 5.56 Å². The van der Waals surface area contributed by atoms with E-state index in [1.165, 1.54) is 18.0 Å². The van der Waals surface area contributed by atoms with E-state index in [4.69, 9.17) is 11.6 Å². The van der Waals surface area contributed by atoms with Gasteiger partial charge in [0.05, 0.1) is 47.7 Å². The number of benzene rings is 1. The minimum Gasteiger partial charge on any atom is -0.469 e. The third-order valence-electron chi connectivity index (χ3n) is 5.82. The van der Waals surface area contributed by atoms with E-state index in [1.807, 2.05) is 0 Å². The first-order valence-electron chi connectivity index (χ1n) is 11.4. The van der Waals surface area contributed by atoms with Crippen LogP contribution >= 0.6 is 27.5 Å². The van der Waals surface area contributed by atoms with Gasteiger partial charge in [-0.25, -0.2) is 10.4 Å². The third kappa shape index (κ3) is 7.83. The second-order valence-corrected chi connectivity index (χ2v) is 9.69. The summed E-state index contributed by atoms with van der Waals surface area (Å²) in [6, 6.07) is 3.00. The minimum absolute atomic E-state index is 0.0863. The summed E-state index contributed by atoms with van der Waals surface area (Å²) >= 11 is 9.50. The second-order valence-electron chi connectivity index (χ2n) is 8.43. The lowest BCUT2D eigenvalue weighted by Gasteiger charge is -2.29. The number of aromatic nitrogens is 2. The van der Waals surface area contributed by atoms with Gasteiger partial charge in [0.2, 0.25) is 5.91 Å². The molecule has 0 bridgehead atoms. The molecule has 1 unspecified atom stereocenters. The van der Waals surface area contributed by atoms with Crippen LogP contribution in [0.5, 0.6) is 0 Å². The number of aliphatic hydroxyl groups excluding tert-OH is 1. The van der Waals surface area contributed by atoms with E-state index >= 15 is 0 Å². The standard InChI is InChI=1S/C23H29BrClN5O5/c1-35-22(33)7-3-2-6-21(32)29-28-14(9-19-20(31)5-4-8-26-19)12-30-13-27-18-11-16(24)17(25)10-15(18)23(30)34/h10-11,13,19-20,26,31H,2-9,12H2,1H3,(H,29,32)/b28-14-/t19-,20?/m1/s1. The Bertz CT molecular complexity index is 1160. The molecule has 2 aromatic rings. The summed E-state index contributed by atoms with van der Waals surface area (Å²) in [7, 11) is 1.33. The molecule has 10 nitrogen and oxygen atoms in total. The number of amides is 1. The molecular formula is C23H29BrClN5O5. The van der Waals surface area contributed by atoms with Gasteiger partial charge in [-0.2, -0.15) is 5.10 Å². The van der Waals surface area contributed by atoms with Crippen molar-refractivity contribution in [2.24, 2.45) is 5.10 Å². The molecule has 1 aromatic heterocycles. The molecule has 1 fully saturated rings. The average molecular weight is 571 g/mol. The van der Waals surface area contributed by atoms with Crippen LogP contribution in [0, 0.1) is 0 Å². The topological polar surface area (TPSA) is 135 Å². The van der Waals surface area contributed by atoms with E-state index in [1.54, 1.807) is 12.1 Å². The molecular weight excluding hydrogens is 542 g/mol. The van der Waals surface area contributed by atoms with Gasteiger partial charge in [0.1, 0.15) is 0 Å². The maximum Gasteiger partial charge on any atom is 0.305 e. The minimum atomic E-state index is -0.550. The van der Waals surface area contributed by atoms with Crippen LogP contribution in [0.3, 0.4) is 0 Å². The molecule has 35 heavy (non-hydrogen) atoms. The third-order valence-corrected chi connectivity index (χ3v) is 7.02. The number of halogens is 2. The van der Waals surface area contributed by atoms with E-state index in [2.05, 4.69) is 41.5 Å². The second kappa shape index (κ2) is 13.1. The summed E-state index contributed by atoms with van der Waals surface area (Å²) in [5.41, 5.74) is 3.27. The van der Waals surface area contributed by atoms with Gasteiger partial charge in [0, 0.05) is 29.8 Å². The number of hydrazone groups is 1. The lowest BCUT2D eigenvalue weighted by molar-refractivity contribution is -0.140. The number of nitrogens with one attached hydrogen (secondary N) is 2. The molecule has 12 heteroatoms. The molecule has 3 N–H and O–H groups in total. The first-order chi connectivity index (χ1) is 16.8. The van der Waals surface area contributed by atoms with Crippen molar-refractivity contribution in [2.45, 2.75) is 63.6 Å². The zero-order chi connectivity index (χ0) is 25.4. The molecule has 1 saturated heterocycles. The van der Waals surface area contributed by atoms with Crippen molar-refractivity contribution in [1.82, 2.24) is 20.3 Å². The van der Waals surface area contributed by atoms with Crippen molar-refractivity contribution in [2.75, 3.05) is 13.7 Å². The van der Waals surface area contributed by atoms with E-state index in [-0.39, 0.29) is 42.9 Å². The SMILES string of the molecule is COC(=O)CCCCC(=O)N/N=C(/C[C@H]1NCCCC1O)Cn1cnc2cc(Br)c(Cl)cc2c1=O. The first kappa shape index (κ1) is 27.3. The number of hydrogen-bond acceptors (Lipinski definition) is 8. The Balaban J connectivity index is 1.75. The Kier molecular flexibility index (Phi) is 10.2. The van der Waals surface area contributed by atoms with E-state index in [0.717, 1.165) is 13.0 Å². The van der Waals surface area contributed by atoms with Crippen LogP contribution in [0.25, 0.3) is 10.9 Å². The molecule has 0 aliphatic carbocycles. The highest BCUT2D eigenvalue weighted by atomic mass is 79.9. The predicted molar refractivity (Wildman–Crippen MR) is 136 cm³/mol. The summed E-state index contributed by atoms with van der Waals surface area (Å²) in [6.45, 7) is 0.857. The van der Waals surface area contributed by atoms with Gasteiger partial charge in [0.15, 0.2) is 0 Å². The fourth-order valence-corrected chi connectivity index (χ4v) is 4.36. The van der Waals surface area contributed by atoms with Crippen LogP contribution in [0.4, 0.5) is 0 Å². The maximum atomic E-state index is 13.1. The number of fused-ring (bicyclic) bond motifs is 1. The number of nitrogens with zero attached hydrogens (tertiary/aromatic N) is 3. The number of hydrogen-bond donors (Lipinski definition) is 3. The van der Waals surface area contributed by atoms with Gasteiger partial charge < -0.3 is 15.2 Å². The zero-order valence-electron chi connectivity index (χ0n) is 19.4. The van der Waals surface area contributed by atoms with Crippen molar-refractivity contribution in [1.29, 1.82) is 0 Å². The summed E-state index contributed by atoms with van der Waals surface area (Å²) in [5.74, 6) is -0.613. The number of carbonyl (C=O) groups is 2. The zero-order valence-corrected chi connectivity index (χ0v) is 21.8. The number of piperidine rings is 1. The average Bonchev–Trinajstić information content (AvgIpc) is 2.84. The molecule has 0 spiro atoms. The monoisotopic (exact) mass is 569 g/mol. The summed E-state index contributed by atoms with van der Waals surface area (Å²) in [6.07, 6.45) is 4.26. The molecule has 190 valence electrons. The van der Waals surface area contributed by atoms with Gasteiger partial charge in [-0.3, -0.25) is 19.0 Å². The number of rotatable bonds is 10. The first-order valence-corrected chi connectivity index (χ1v) is 12.6. The summed E-state index contributed by atoms with van der Waals surface area (Å²) < 4.78 is 6.64. The molecule has 0 radical (unpaired) electrons. The maximum absolute atomic E-state index is 13.1. The Morgan fingerprint density at radius 3 is 2.89 bits per heavy atom.